The lowest BCUT2D eigenvalue weighted by atomic mass is 10.0. The standard InChI is InChI=1S/C44H78O5/c1-3-5-7-9-11-13-15-17-19-21-22-23-25-26-28-30-32-34-36-38-43(46)48-41-42(40-45)49-44(47)39-37-35-33-31-29-27-24-20-18-16-14-12-10-8-6-4-2/h11,13,17,19,22-23,26,28,42,45H,3-10,12,14-16,18,20-21,24-25,27,29-41H2,1-2H3/b13-11+,19-17+,23-22+,28-26+/t42-/m0/s1. The second-order valence-corrected chi connectivity index (χ2v) is 13.7. The predicted octanol–water partition coefficient (Wildman–Crippen LogP) is 13.0. The summed E-state index contributed by atoms with van der Waals surface area (Å²) in [7, 11) is 0. The molecule has 0 bridgehead atoms. The topological polar surface area (TPSA) is 72.8 Å². The largest absolute Gasteiger partial charge is 0.462 e. The minimum absolute atomic E-state index is 0.0811. The zero-order valence-corrected chi connectivity index (χ0v) is 32.2. The third-order valence-electron chi connectivity index (χ3n) is 8.88. The molecule has 0 rings (SSSR count). The molecule has 0 radical (unpaired) electrons. The van der Waals surface area contributed by atoms with Crippen molar-refractivity contribution in [3.05, 3.63) is 48.6 Å². The number of rotatable bonds is 37. The van der Waals surface area contributed by atoms with Crippen molar-refractivity contribution in [2.75, 3.05) is 13.2 Å². The number of ether oxygens (including phenoxy) is 2. The van der Waals surface area contributed by atoms with Crippen LogP contribution in [0.2, 0.25) is 0 Å². The van der Waals surface area contributed by atoms with Crippen LogP contribution < -0.4 is 0 Å². The first-order valence-electron chi connectivity index (χ1n) is 20.7. The lowest BCUT2D eigenvalue weighted by Gasteiger charge is -2.15. The molecule has 0 aliphatic carbocycles. The summed E-state index contributed by atoms with van der Waals surface area (Å²) in [5.74, 6) is -0.623. The van der Waals surface area contributed by atoms with Crippen LogP contribution in [0.5, 0.6) is 0 Å². The third-order valence-corrected chi connectivity index (χ3v) is 8.88. The van der Waals surface area contributed by atoms with Crippen LogP contribution in [0.4, 0.5) is 0 Å². The molecule has 0 aromatic heterocycles. The van der Waals surface area contributed by atoms with E-state index in [0.29, 0.717) is 12.8 Å². The van der Waals surface area contributed by atoms with E-state index in [9.17, 15) is 14.7 Å². The van der Waals surface area contributed by atoms with Crippen molar-refractivity contribution < 1.29 is 24.2 Å². The molecule has 0 unspecified atom stereocenters. The highest BCUT2D eigenvalue weighted by Crippen LogP contribution is 2.14. The van der Waals surface area contributed by atoms with E-state index < -0.39 is 6.10 Å². The van der Waals surface area contributed by atoms with Crippen molar-refractivity contribution in [3.8, 4) is 0 Å². The van der Waals surface area contributed by atoms with Gasteiger partial charge in [-0.25, -0.2) is 0 Å². The first-order chi connectivity index (χ1) is 24.1. The Labute approximate surface area is 303 Å². The Morgan fingerprint density at radius 1 is 0.469 bits per heavy atom. The summed E-state index contributed by atoms with van der Waals surface area (Å²) >= 11 is 0. The average Bonchev–Trinajstić information content (AvgIpc) is 3.10. The van der Waals surface area contributed by atoms with Gasteiger partial charge in [-0.05, 0) is 57.8 Å². The van der Waals surface area contributed by atoms with Crippen molar-refractivity contribution in [1.29, 1.82) is 0 Å². The van der Waals surface area contributed by atoms with Gasteiger partial charge in [-0.2, -0.15) is 0 Å². The predicted molar refractivity (Wildman–Crippen MR) is 210 cm³/mol. The molecule has 0 heterocycles. The number of hydrogen-bond donors (Lipinski definition) is 1. The third kappa shape index (κ3) is 38.5. The molecule has 1 atom stereocenters. The zero-order valence-electron chi connectivity index (χ0n) is 32.2. The highest BCUT2D eigenvalue weighted by Gasteiger charge is 2.16. The maximum atomic E-state index is 12.2. The summed E-state index contributed by atoms with van der Waals surface area (Å²) in [6.07, 6.45) is 50.3. The van der Waals surface area contributed by atoms with Crippen molar-refractivity contribution in [1.82, 2.24) is 0 Å². The van der Waals surface area contributed by atoms with E-state index in [4.69, 9.17) is 9.47 Å². The molecule has 49 heavy (non-hydrogen) atoms. The lowest BCUT2D eigenvalue weighted by molar-refractivity contribution is -0.161. The molecular weight excluding hydrogens is 608 g/mol. The number of unbranched alkanes of at least 4 members (excludes halogenated alkanes) is 21. The van der Waals surface area contributed by atoms with E-state index in [1.165, 1.54) is 109 Å². The van der Waals surface area contributed by atoms with Crippen LogP contribution in [-0.4, -0.2) is 36.4 Å². The molecule has 0 aliphatic rings. The fourth-order valence-corrected chi connectivity index (χ4v) is 5.71. The minimum Gasteiger partial charge on any atom is -0.462 e. The fraction of sp³-hybridized carbons (Fsp3) is 0.773. The Morgan fingerprint density at radius 3 is 1.27 bits per heavy atom. The number of esters is 2. The molecule has 0 fully saturated rings. The maximum Gasteiger partial charge on any atom is 0.306 e. The van der Waals surface area contributed by atoms with E-state index in [1.54, 1.807) is 0 Å². The summed E-state index contributed by atoms with van der Waals surface area (Å²) < 4.78 is 10.6. The van der Waals surface area contributed by atoms with Gasteiger partial charge >= 0.3 is 11.9 Å². The lowest BCUT2D eigenvalue weighted by Crippen LogP contribution is -2.28. The Morgan fingerprint density at radius 2 is 0.816 bits per heavy atom. The Bertz CT molecular complexity index is 827. The van der Waals surface area contributed by atoms with Gasteiger partial charge in [-0.15, -0.1) is 0 Å². The van der Waals surface area contributed by atoms with Crippen molar-refractivity contribution >= 4 is 11.9 Å². The van der Waals surface area contributed by atoms with Crippen LogP contribution in [-0.2, 0) is 19.1 Å². The molecule has 0 amide bonds. The maximum absolute atomic E-state index is 12.2. The van der Waals surface area contributed by atoms with E-state index in [0.717, 1.165) is 64.2 Å². The van der Waals surface area contributed by atoms with Gasteiger partial charge in [0, 0.05) is 12.8 Å². The molecule has 284 valence electrons. The Hall–Kier alpha value is -2.14. The van der Waals surface area contributed by atoms with Gasteiger partial charge in [0.05, 0.1) is 6.61 Å². The van der Waals surface area contributed by atoms with Crippen molar-refractivity contribution in [3.63, 3.8) is 0 Å². The van der Waals surface area contributed by atoms with Gasteiger partial charge in [-0.1, -0.05) is 178 Å². The summed E-state index contributed by atoms with van der Waals surface area (Å²) in [4.78, 5) is 24.3. The van der Waals surface area contributed by atoms with Gasteiger partial charge < -0.3 is 14.6 Å². The highest BCUT2D eigenvalue weighted by atomic mass is 16.6. The van der Waals surface area contributed by atoms with Crippen LogP contribution in [0, 0.1) is 0 Å². The normalized spacial score (nSPS) is 12.6. The molecule has 1 N–H and O–H groups in total. The van der Waals surface area contributed by atoms with Crippen molar-refractivity contribution in [2.45, 2.75) is 206 Å². The number of carbonyl (C=O) groups is 2. The number of aliphatic hydroxyl groups is 1. The molecular formula is C44H78O5. The van der Waals surface area contributed by atoms with E-state index in [-0.39, 0.29) is 25.2 Å². The number of aliphatic hydroxyl groups excluding tert-OH is 1. The van der Waals surface area contributed by atoms with Gasteiger partial charge in [0.2, 0.25) is 0 Å². The summed E-state index contributed by atoms with van der Waals surface area (Å²) in [5, 5.41) is 9.56. The first kappa shape index (κ1) is 46.9. The Kier molecular flexibility index (Phi) is 38.5. The second-order valence-electron chi connectivity index (χ2n) is 13.7. The van der Waals surface area contributed by atoms with Gasteiger partial charge in [0.1, 0.15) is 6.61 Å². The molecule has 5 heteroatoms. The number of allylic oxidation sites excluding steroid dienone is 8. The SMILES string of the molecule is CCCCC/C=C/C/C=C/C/C=C/C/C=C/CCCCCC(=O)OC[C@H](CO)OC(=O)CCCCCCCCCCCCCCCCCC. The molecule has 0 aromatic rings. The average molecular weight is 687 g/mol. The van der Waals surface area contributed by atoms with Gasteiger partial charge in [-0.3, -0.25) is 9.59 Å². The minimum atomic E-state index is -0.782. The molecule has 0 saturated heterocycles. The highest BCUT2D eigenvalue weighted by molar-refractivity contribution is 5.70. The quantitative estimate of drug-likeness (QED) is 0.0400. The summed E-state index contributed by atoms with van der Waals surface area (Å²) in [5.41, 5.74) is 0. The molecule has 0 spiro atoms. The smallest absolute Gasteiger partial charge is 0.306 e. The molecule has 5 nitrogen and oxygen atoms in total. The second kappa shape index (κ2) is 40.3. The molecule has 0 saturated carbocycles. The van der Waals surface area contributed by atoms with E-state index in [1.807, 2.05) is 0 Å². The van der Waals surface area contributed by atoms with Gasteiger partial charge in [0.25, 0.3) is 0 Å². The van der Waals surface area contributed by atoms with Crippen LogP contribution >= 0.6 is 0 Å². The summed E-state index contributed by atoms with van der Waals surface area (Å²) in [6.45, 7) is 4.09. The van der Waals surface area contributed by atoms with Crippen LogP contribution in [0.15, 0.2) is 48.6 Å². The monoisotopic (exact) mass is 687 g/mol. The number of carbonyl (C=O) groups excluding carboxylic acids is 2. The summed E-state index contributed by atoms with van der Waals surface area (Å²) in [6, 6.07) is 0. The fourth-order valence-electron chi connectivity index (χ4n) is 5.71. The van der Waals surface area contributed by atoms with Crippen LogP contribution in [0.1, 0.15) is 200 Å². The van der Waals surface area contributed by atoms with Crippen molar-refractivity contribution in [2.24, 2.45) is 0 Å². The first-order valence-corrected chi connectivity index (χ1v) is 20.7. The Balaban J connectivity index is 3.61. The molecule has 0 aliphatic heterocycles. The number of hydrogen-bond acceptors (Lipinski definition) is 5. The van der Waals surface area contributed by atoms with E-state index in [2.05, 4.69) is 62.5 Å². The van der Waals surface area contributed by atoms with Crippen LogP contribution in [0.3, 0.4) is 0 Å². The van der Waals surface area contributed by atoms with E-state index >= 15 is 0 Å². The molecule has 0 aromatic carbocycles. The van der Waals surface area contributed by atoms with Gasteiger partial charge in [0.15, 0.2) is 6.10 Å². The zero-order chi connectivity index (χ0) is 35.7. The van der Waals surface area contributed by atoms with Crippen LogP contribution in [0.25, 0.3) is 0 Å².